The van der Waals surface area contributed by atoms with Crippen LogP contribution < -0.4 is 5.73 Å². The molecule has 16 heavy (non-hydrogen) atoms. The summed E-state index contributed by atoms with van der Waals surface area (Å²) in [6.07, 6.45) is 6.15. The van der Waals surface area contributed by atoms with Crippen molar-refractivity contribution in [2.45, 2.75) is 31.2 Å². The molecule has 2 nitrogen and oxygen atoms in total. The van der Waals surface area contributed by atoms with Crippen LogP contribution in [0, 0.1) is 0 Å². The normalized spacial score (nSPS) is 17.9. The first kappa shape index (κ1) is 10.2. The number of nitrogens with two attached hydrogens (primary N) is 1. The summed E-state index contributed by atoms with van der Waals surface area (Å²) < 4.78 is 5.49. The summed E-state index contributed by atoms with van der Waals surface area (Å²) in [6, 6.07) is 5.73. The van der Waals surface area contributed by atoms with Crippen molar-refractivity contribution < 1.29 is 4.42 Å². The van der Waals surface area contributed by atoms with E-state index in [4.69, 9.17) is 21.8 Å². The first-order chi connectivity index (χ1) is 7.66. The van der Waals surface area contributed by atoms with Gasteiger partial charge in [-0.05, 0) is 49.4 Å². The monoisotopic (exact) mass is 235 g/mol. The summed E-state index contributed by atoms with van der Waals surface area (Å²) in [5, 5.41) is 1.88. The van der Waals surface area contributed by atoms with E-state index in [1.807, 2.05) is 24.5 Å². The molecule has 0 atom stereocenters. The van der Waals surface area contributed by atoms with E-state index in [9.17, 15) is 0 Å². The van der Waals surface area contributed by atoms with Crippen LogP contribution in [0.2, 0.25) is 5.02 Å². The third kappa shape index (κ3) is 1.83. The van der Waals surface area contributed by atoms with Gasteiger partial charge in [0.15, 0.2) is 0 Å². The maximum Gasteiger partial charge on any atom is 0.134 e. The minimum Gasteiger partial charge on any atom is -0.464 e. The zero-order valence-electron chi connectivity index (χ0n) is 9.00. The van der Waals surface area contributed by atoms with E-state index in [0.717, 1.165) is 41.7 Å². The lowest BCUT2D eigenvalue weighted by Gasteiger charge is -2.06. The lowest BCUT2D eigenvalue weighted by Crippen LogP contribution is -2.21. The van der Waals surface area contributed by atoms with Crippen molar-refractivity contribution in [1.82, 2.24) is 0 Å². The van der Waals surface area contributed by atoms with Crippen molar-refractivity contribution in [3.05, 3.63) is 35.0 Å². The largest absolute Gasteiger partial charge is 0.464 e. The van der Waals surface area contributed by atoms with Crippen molar-refractivity contribution in [3.63, 3.8) is 0 Å². The van der Waals surface area contributed by atoms with Crippen LogP contribution in [0.3, 0.4) is 0 Å². The molecule has 1 aromatic heterocycles. The quantitative estimate of drug-likeness (QED) is 0.884. The van der Waals surface area contributed by atoms with Gasteiger partial charge in [0.2, 0.25) is 0 Å². The highest BCUT2D eigenvalue weighted by Crippen LogP contribution is 2.37. The van der Waals surface area contributed by atoms with E-state index in [2.05, 4.69) is 0 Å². The van der Waals surface area contributed by atoms with Gasteiger partial charge in [0, 0.05) is 15.9 Å². The molecule has 3 heteroatoms. The van der Waals surface area contributed by atoms with Crippen molar-refractivity contribution in [1.29, 1.82) is 0 Å². The van der Waals surface area contributed by atoms with Crippen molar-refractivity contribution in [2.24, 2.45) is 5.73 Å². The molecule has 0 radical (unpaired) electrons. The molecule has 1 aliphatic carbocycles. The Balaban J connectivity index is 1.88. The third-order valence-electron chi connectivity index (χ3n) is 3.40. The van der Waals surface area contributed by atoms with Crippen LogP contribution in [0.4, 0.5) is 0 Å². The predicted molar refractivity (Wildman–Crippen MR) is 65.7 cm³/mol. The standard InChI is InChI=1S/C13H14ClNO/c14-10-1-2-12-11(7-10)9(8-16-12)3-4-13(15)5-6-13/h1-2,7-8H,3-6,15H2. The van der Waals surface area contributed by atoms with Crippen LogP contribution >= 0.6 is 11.6 Å². The van der Waals surface area contributed by atoms with Gasteiger partial charge in [0.25, 0.3) is 0 Å². The molecule has 1 saturated carbocycles. The van der Waals surface area contributed by atoms with Gasteiger partial charge in [-0.15, -0.1) is 0 Å². The number of hydrogen-bond acceptors (Lipinski definition) is 2. The molecular weight excluding hydrogens is 222 g/mol. The first-order valence-corrected chi connectivity index (χ1v) is 5.99. The van der Waals surface area contributed by atoms with E-state index in [1.54, 1.807) is 0 Å². The van der Waals surface area contributed by atoms with Gasteiger partial charge in [-0.1, -0.05) is 11.6 Å². The van der Waals surface area contributed by atoms with Gasteiger partial charge in [-0.25, -0.2) is 0 Å². The lowest BCUT2D eigenvalue weighted by molar-refractivity contribution is 0.588. The van der Waals surface area contributed by atoms with E-state index >= 15 is 0 Å². The van der Waals surface area contributed by atoms with Gasteiger partial charge < -0.3 is 10.2 Å². The van der Waals surface area contributed by atoms with Crippen LogP contribution in [-0.4, -0.2) is 5.54 Å². The fraction of sp³-hybridized carbons (Fsp3) is 0.385. The molecule has 2 N–H and O–H groups in total. The number of rotatable bonds is 3. The molecule has 1 fully saturated rings. The smallest absolute Gasteiger partial charge is 0.134 e. The fourth-order valence-electron chi connectivity index (χ4n) is 2.04. The van der Waals surface area contributed by atoms with Gasteiger partial charge in [-0.3, -0.25) is 0 Å². The minimum atomic E-state index is 0.0994. The third-order valence-corrected chi connectivity index (χ3v) is 3.64. The summed E-state index contributed by atoms with van der Waals surface area (Å²) in [5.41, 5.74) is 8.30. The van der Waals surface area contributed by atoms with E-state index in [0.29, 0.717) is 0 Å². The van der Waals surface area contributed by atoms with E-state index < -0.39 is 0 Å². The molecular formula is C13H14ClNO. The molecule has 0 aliphatic heterocycles. The Hall–Kier alpha value is -0.990. The molecule has 1 heterocycles. The maximum absolute atomic E-state index is 6.08. The van der Waals surface area contributed by atoms with Gasteiger partial charge >= 0.3 is 0 Å². The fourth-order valence-corrected chi connectivity index (χ4v) is 2.21. The number of furan rings is 1. The molecule has 0 amide bonds. The summed E-state index contributed by atoms with van der Waals surface area (Å²) >= 11 is 5.98. The molecule has 0 bridgehead atoms. The zero-order valence-corrected chi connectivity index (χ0v) is 9.76. The number of halogens is 1. The zero-order chi connectivity index (χ0) is 11.2. The number of benzene rings is 1. The maximum atomic E-state index is 6.08. The second-order valence-corrected chi connectivity index (χ2v) is 5.20. The topological polar surface area (TPSA) is 39.2 Å². The van der Waals surface area contributed by atoms with Crippen LogP contribution in [0.15, 0.2) is 28.9 Å². The van der Waals surface area contributed by atoms with Crippen molar-refractivity contribution in [2.75, 3.05) is 0 Å². The Bertz CT molecular complexity index is 528. The van der Waals surface area contributed by atoms with Gasteiger partial charge in [-0.2, -0.15) is 0 Å². The summed E-state index contributed by atoms with van der Waals surface area (Å²) in [6.45, 7) is 0. The van der Waals surface area contributed by atoms with Gasteiger partial charge in [0.1, 0.15) is 5.58 Å². The molecule has 3 rings (SSSR count). The van der Waals surface area contributed by atoms with E-state index in [-0.39, 0.29) is 5.54 Å². The van der Waals surface area contributed by atoms with E-state index in [1.165, 1.54) is 5.56 Å². The molecule has 84 valence electrons. The Kier molecular flexibility index (Phi) is 2.23. The summed E-state index contributed by atoms with van der Waals surface area (Å²) in [4.78, 5) is 0. The highest BCUT2D eigenvalue weighted by atomic mass is 35.5. The van der Waals surface area contributed by atoms with Crippen LogP contribution in [0.5, 0.6) is 0 Å². The second-order valence-electron chi connectivity index (χ2n) is 4.76. The Labute approximate surface area is 99.4 Å². The van der Waals surface area contributed by atoms with Gasteiger partial charge in [0.05, 0.1) is 6.26 Å². The summed E-state index contributed by atoms with van der Waals surface area (Å²) in [7, 11) is 0. The Morgan fingerprint density at radius 2 is 2.19 bits per heavy atom. The number of hydrogen-bond donors (Lipinski definition) is 1. The molecule has 1 aromatic carbocycles. The lowest BCUT2D eigenvalue weighted by atomic mass is 10.0. The SMILES string of the molecule is NC1(CCc2coc3ccc(Cl)cc23)CC1. The molecule has 0 spiro atoms. The molecule has 1 aliphatic rings. The molecule has 2 aromatic rings. The first-order valence-electron chi connectivity index (χ1n) is 5.61. The average molecular weight is 236 g/mol. The van der Waals surface area contributed by atoms with Crippen LogP contribution in [0.25, 0.3) is 11.0 Å². The highest BCUT2D eigenvalue weighted by Gasteiger charge is 2.37. The Morgan fingerprint density at radius 1 is 1.38 bits per heavy atom. The highest BCUT2D eigenvalue weighted by molar-refractivity contribution is 6.31. The number of fused-ring (bicyclic) bond motifs is 1. The molecule has 0 unspecified atom stereocenters. The average Bonchev–Trinajstić information content (AvgIpc) is 2.87. The second kappa shape index (κ2) is 3.51. The van der Waals surface area contributed by atoms with Crippen LogP contribution in [0.1, 0.15) is 24.8 Å². The molecule has 0 saturated heterocycles. The number of aryl methyl sites for hydroxylation is 1. The van der Waals surface area contributed by atoms with Crippen LogP contribution in [-0.2, 0) is 6.42 Å². The Morgan fingerprint density at radius 3 is 2.94 bits per heavy atom. The summed E-state index contributed by atoms with van der Waals surface area (Å²) in [5.74, 6) is 0. The van der Waals surface area contributed by atoms with Crippen molar-refractivity contribution >= 4 is 22.6 Å². The minimum absolute atomic E-state index is 0.0994. The predicted octanol–water partition coefficient (Wildman–Crippen LogP) is 3.51. The van der Waals surface area contributed by atoms with Crippen molar-refractivity contribution in [3.8, 4) is 0 Å².